The Morgan fingerprint density at radius 1 is 1.18 bits per heavy atom. The number of amides is 1. The average molecular weight is 397 g/mol. The molecule has 3 heterocycles. The number of thiophene rings is 1. The van der Waals surface area contributed by atoms with Gasteiger partial charge in [0.25, 0.3) is 11.5 Å². The van der Waals surface area contributed by atoms with Crippen LogP contribution in [0.4, 0.5) is 0 Å². The first-order chi connectivity index (χ1) is 13.7. The third-order valence-corrected chi connectivity index (χ3v) is 6.26. The number of rotatable bonds is 6. The molecule has 0 radical (unpaired) electrons. The van der Waals surface area contributed by atoms with E-state index in [0.717, 1.165) is 13.1 Å². The van der Waals surface area contributed by atoms with E-state index in [0.29, 0.717) is 29.6 Å². The van der Waals surface area contributed by atoms with Gasteiger partial charge in [-0.25, -0.2) is 4.68 Å². The predicted molar refractivity (Wildman–Crippen MR) is 112 cm³/mol. The van der Waals surface area contributed by atoms with Crippen LogP contribution in [0.3, 0.4) is 0 Å². The summed E-state index contributed by atoms with van der Waals surface area (Å²) in [5.74, 6) is -0.237. The zero-order chi connectivity index (χ0) is 19.5. The molecule has 2 aromatic heterocycles. The fourth-order valence-electron chi connectivity index (χ4n) is 3.83. The summed E-state index contributed by atoms with van der Waals surface area (Å²) in [6, 6.07) is 11.5. The molecular formula is C21H24N4O2S. The summed E-state index contributed by atoms with van der Waals surface area (Å²) in [4.78, 5) is 29.2. The monoisotopic (exact) mass is 396 g/mol. The molecule has 1 saturated heterocycles. The van der Waals surface area contributed by atoms with Gasteiger partial charge in [-0.1, -0.05) is 24.3 Å². The van der Waals surface area contributed by atoms with Gasteiger partial charge in [0.05, 0.1) is 11.4 Å². The molecule has 0 spiro atoms. The number of likely N-dealkylation sites (tertiary alicyclic amines) is 1. The molecule has 3 aromatic rings. The van der Waals surface area contributed by atoms with Crippen LogP contribution in [0.1, 0.15) is 41.2 Å². The van der Waals surface area contributed by atoms with Gasteiger partial charge < -0.3 is 5.32 Å². The van der Waals surface area contributed by atoms with Crippen molar-refractivity contribution < 1.29 is 4.79 Å². The summed E-state index contributed by atoms with van der Waals surface area (Å²) in [6.45, 7) is 4.92. The quantitative estimate of drug-likeness (QED) is 0.695. The number of hydrogen-bond acceptors (Lipinski definition) is 5. The van der Waals surface area contributed by atoms with Gasteiger partial charge in [-0.2, -0.15) is 5.10 Å². The number of nitrogens with zero attached hydrogens (tertiary/aromatic N) is 3. The van der Waals surface area contributed by atoms with E-state index in [4.69, 9.17) is 0 Å². The maximum Gasteiger partial charge on any atom is 0.274 e. The summed E-state index contributed by atoms with van der Waals surface area (Å²) in [7, 11) is 0. The molecule has 1 fully saturated rings. The maximum atomic E-state index is 13.0. The van der Waals surface area contributed by atoms with Crippen LogP contribution < -0.4 is 10.9 Å². The first kappa shape index (κ1) is 18.8. The molecular weight excluding hydrogens is 372 g/mol. The lowest BCUT2D eigenvalue weighted by molar-refractivity contribution is 0.0933. The largest absolute Gasteiger partial charge is 0.349 e. The highest BCUT2D eigenvalue weighted by Gasteiger charge is 2.25. The van der Waals surface area contributed by atoms with Crippen LogP contribution in [-0.2, 0) is 6.54 Å². The molecule has 0 bridgehead atoms. The fourth-order valence-corrected chi connectivity index (χ4v) is 4.69. The number of carbonyl (C=O) groups excluding carboxylic acids is 1. The molecule has 1 unspecified atom stereocenters. The number of benzene rings is 1. The van der Waals surface area contributed by atoms with Crippen molar-refractivity contribution in [2.24, 2.45) is 0 Å². The highest BCUT2D eigenvalue weighted by atomic mass is 32.1. The van der Waals surface area contributed by atoms with Crippen LogP contribution in [0.25, 0.3) is 10.8 Å². The number of fused-ring (bicyclic) bond motifs is 1. The van der Waals surface area contributed by atoms with Crippen molar-refractivity contribution in [3.05, 3.63) is 62.7 Å². The van der Waals surface area contributed by atoms with E-state index in [1.165, 1.54) is 22.4 Å². The number of aromatic nitrogens is 2. The van der Waals surface area contributed by atoms with Gasteiger partial charge in [-0.15, -0.1) is 11.3 Å². The Hall–Kier alpha value is -2.51. The Morgan fingerprint density at radius 2 is 1.93 bits per heavy atom. The lowest BCUT2D eigenvalue weighted by Crippen LogP contribution is -2.37. The summed E-state index contributed by atoms with van der Waals surface area (Å²) in [6.07, 6.45) is 2.40. The number of aryl methyl sites for hydroxylation is 1. The summed E-state index contributed by atoms with van der Waals surface area (Å²) in [5, 5.41) is 10.6. The third kappa shape index (κ3) is 3.59. The predicted octanol–water partition coefficient (Wildman–Crippen LogP) is 3.04. The second-order valence-electron chi connectivity index (χ2n) is 7.00. The molecule has 0 aliphatic carbocycles. The van der Waals surface area contributed by atoms with Gasteiger partial charge in [0.15, 0.2) is 5.69 Å². The van der Waals surface area contributed by atoms with Crippen molar-refractivity contribution in [2.45, 2.75) is 32.4 Å². The standard InChI is InChI=1S/C21H24N4O2S/c1-2-25-21(27)16-9-4-3-8-15(16)19(23-25)20(26)22-14-17(18-10-7-13-28-18)24-11-5-6-12-24/h3-4,7-10,13,17H,2,5-6,11-12,14H2,1H3,(H,22,26). The van der Waals surface area contributed by atoms with Gasteiger partial charge >= 0.3 is 0 Å². The Morgan fingerprint density at radius 3 is 2.61 bits per heavy atom. The van der Waals surface area contributed by atoms with Gasteiger partial charge in [0.1, 0.15) is 0 Å². The molecule has 28 heavy (non-hydrogen) atoms. The lowest BCUT2D eigenvalue weighted by atomic mass is 10.1. The lowest BCUT2D eigenvalue weighted by Gasteiger charge is -2.27. The Kier molecular flexibility index (Phi) is 5.54. The van der Waals surface area contributed by atoms with Crippen molar-refractivity contribution >= 4 is 28.0 Å². The average Bonchev–Trinajstić information content (AvgIpc) is 3.43. The molecule has 4 rings (SSSR count). The van der Waals surface area contributed by atoms with Crippen LogP contribution in [-0.4, -0.2) is 40.2 Å². The first-order valence-corrected chi connectivity index (χ1v) is 10.6. The van der Waals surface area contributed by atoms with E-state index in [1.54, 1.807) is 23.5 Å². The van der Waals surface area contributed by atoms with E-state index >= 15 is 0 Å². The Bertz CT molecular complexity index is 1020. The summed E-state index contributed by atoms with van der Waals surface area (Å²) >= 11 is 1.72. The minimum absolute atomic E-state index is 0.164. The summed E-state index contributed by atoms with van der Waals surface area (Å²) < 4.78 is 1.36. The molecule has 1 amide bonds. The topological polar surface area (TPSA) is 67.2 Å². The first-order valence-electron chi connectivity index (χ1n) is 9.74. The molecule has 1 aliphatic rings. The minimum atomic E-state index is -0.237. The molecule has 1 aromatic carbocycles. The third-order valence-electron chi connectivity index (χ3n) is 5.29. The van der Waals surface area contributed by atoms with Crippen molar-refractivity contribution in [1.82, 2.24) is 20.0 Å². The number of nitrogens with one attached hydrogen (secondary N) is 1. The molecule has 1 N–H and O–H groups in total. The zero-order valence-corrected chi connectivity index (χ0v) is 16.7. The Labute approximate surface area is 167 Å². The minimum Gasteiger partial charge on any atom is -0.349 e. The maximum absolute atomic E-state index is 13.0. The summed E-state index contributed by atoms with van der Waals surface area (Å²) in [5.41, 5.74) is 0.145. The van der Waals surface area contributed by atoms with E-state index in [9.17, 15) is 9.59 Å². The van der Waals surface area contributed by atoms with Crippen molar-refractivity contribution in [3.63, 3.8) is 0 Å². The van der Waals surface area contributed by atoms with Crippen LogP contribution in [0.15, 0.2) is 46.6 Å². The zero-order valence-electron chi connectivity index (χ0n) is 15.9. The van der Waals surface area contributed by atoms with Crippen molar-refractivity contribution in [3.8, 4) is 0 Å². The molecule has 6 nitrogen and oxygen atoms in total. The highest BCUT2D eigenvalue weighted by molar-refractivity contribution is 7.10. The molecule has 146 valence electrons. The highest BCUT2D eigenvalue weighted by Crippen LogP contribution is 2.28. The van der Waals surface area contributed by atoms with Crippen LogP contribution >= 0.6 is 11.3 Å². The van der Waals surface area contributed by atoms with Gasteiger partial charge in [0, 0.05) is 23.4 Å². The molecule has 7 heteroatoms. The van der Waals surface area contributed by atoms with Crippen LogP contribution in [0.5, 0.6) is 0 Å². The van der Waals surface area contributed by atoms with Crippen molar-refractivity contribution in [1.29, 1.82) is 0 Å². The van der Waals surface area contributed by atoms with Crippen molar-refractivity contribution in [2.75, 3.05) is 19.6 Å². The molecule has 1 atom stereocenters. The van der Waals surface area contributed by atoms with Gasteiger partial charge in [0.2, 0.25) is 0 Å². The fraction of sp³-hybridized carbons (Fsp3) is 0.381. The number of hydrogen-bond donors (Lipinski definition) is 1. The number of carbonyl (C=O) groups is 1. The van der Waals surface area contributed by atoms with E-state index < -0.39 is 0 Å². The smallest absolute Gasteiger partial charge is 0.274 e. The van der Waals surface area contributed by atoms with Crippen LogP contribution in [0.2, 0.25) is 0 Å². The van der Waals surface area contributed by atoms with E-state index in [2.05, 4.69) is 32.8 Å². The SMILES string of the molecule is CCn1nc(C(=O)NCC(c2cccs2)N2CCCC2)c2ccccc2c1=O. The normalized spacial score (nSPS) is 15.8. The van der Waals surface area contributed by atoms with Gasteiger partial charge in [-0.3, -0.25) is 14.5 Å². The molecule has 0 saturated carbocycles. The second-order valence-corrected chi connectivity index (χ2v) is 7.98. The second kappa shape index (κ2) is 8.24. The Balaban J connectivity index is 1.61. The van der Waals surface area contributed by atoms with Crippen LogP contribution in [0, 0.1) is 0 Å². The van der Waals surface area contributed by atoms with Gasteiger partial charge in [-0.05, 0) is 50.4 Å². The van der Waals surface area contributed by atoms with E-state index in [1.807, 2.05) is 19.1 Å². The molecule has 1 aliphatic heterocycles. The van der Waals surface area contributed by atoms with E-state index in [-0.39, 0.29) is 17.5 Å².